The summed E-state index contributed by atoms with van der Waals surface area (Å²) in [6.07, 6.45) is 1.42. The molecule has 0 atom stereocenters. The van der Waals surface area contributed by atoms with Crippen molar-refractivity contribution in [2.75, 3.05) is 0 Å². The van der Waals surface area contributed by atoms with E-state index >= 15 is 0 Å². The predicted molar refractivity (Wildman–Crippen MR) is 54.2 cm³/mol. The molecule has 0 saturated carbocycles. The van der Waals surface area contributed by atoms with E-state index in [4.69, 9.17) is 0 Å². The molecule has 4 heteroatoms. The lowest BCUT2D eigenvalue weighted by Gasteiger charge is -1.98. The van der Waals surface area contributed by atoms with Crippen LogP contribution >= 0.6 is 0 Å². The van der Waals surface area contributed by atoms with Crippen molar-refractivity contribution >= 4 is 5.69 Å². The lowest BCUT2D eigenvalue weighted by Crippen LogP contribution is -1.79. The topological polar surface area (TPSA) is 58.1 Å². The van der Waals surface area contributed by atoms with Crippen LogP contribution in [0.15, 0.2) is 35.6 Å². The number of aryl methyl sites for hydroxylation is 1. The number of nitrogens with zero attached hydrogens (tertiary/aromatic N) is 2. The van der Waals surface area contributed by atoms with Gasteiger partial charge in [0, 0.05) is 5.56 Å². The van der Waals surface area contributed by atoms with Crippen LogP contribution in [0.5, 0.6) is 0 Å². The summed E-state index contributed by atoms with van der Waals surface area (Å²) in [5, 5.41) is 9.41. The van der Waals surface area contributed by atoms with Crippen molar-refractivity contribution in [2.24, 2.45) is 5.18 Å². The molecule has 0 saturated heterocycles. The van der Waals surface area contributed by atoms with Crippen LogP contribution < -0.4 is 0 Å². The second-order valence-corrected chi connectivity index (χ2v) is 3.09. The average molecular weight is 187 g/mol. The van der Waals surface area contributed by atoms with E-state index in [1.54, 1.807) is 0 Å². The quantitative estimate of drug-likeness (QED) is 0.735. The molecule has 0 amide bonds. The molecule has 4 nitrogen and oxygen atoms in total. The molecule has 0 bridgehead atoms. The van der Waals surface area contributed by atoms with Crippen LogP contribution in [0.4, 0.5) is 5.69 Å². The van der Waals surface area contributed by atoms with Crippen molar-refractivity contribution in [2.45, 2.75) is 6.92 Å². The first-order valence-corrected chi connectivity index (χ1v) is 4.25. The normalized spacial score (nSPS) is 10.1. The first-order chi connectivity index (χ1) is 6.81. The monoisotopic (exact) mass is 187 g/mol. The van der Waals surface area contributed by atoms with Crippen molar-refractivity contribution in [3.8, 4) is 11.3 Å². The van der Waals surface area contributed by atoms with Gasteiger partial charge in [0.2, 0.25) is 0 Å². The third-order valence-electron chi connectivity index (χ3n) is 2.06. The molecule has 1 aromatic carbocycles. The van der Waals surface area contributed by atoms with E-state index in [2.05, 4.69) is 15.4 Å². The fraction of sp³-hybridized carbons (Fsp3) is 0.100. The first-order valence-electron chi connectivity index (χ1n) is 4.25. The summed E-state index contributed by atoms with van der Waals surface area (Å²) in [5.74, 6) is 0. The largest absolute Gasteiger partial charge is 0.275 e. The van der Waals surface area contributed by atoms with Crippen molar-refractivity contribution in [3.63, 3.8) is 0 Å². The van der Waals surface area contributed by atoms with Crippen molar-refractivity contribution < 1.29 is 0 Å². The molecule has 70 valence electrons. The Morgan fingerprint density at radius 3 is 2.64 bits per heavy atom. The highest BCUT2D eigenvalue weighted by Gasteiger charge is 2.06. The van der Waals surface area contributed by atoms with Gasteiger partial charge in [-0.05, 0) is 12.1 Å². The fourth-order valence-corrected chi connectivity index (χ4v) is 1.28. The summed E-state index contributed by atoms with van der Waals surface area (Å²) >= 11 is 0. The highest BCUT2D eigenvalue weighted by atomic mass is 16.3. The van der Waals surface area contributed by atoms with E-state index in [1.807, 2.05) is 31.2 Å². The Kier molecular flexibility index (Phi) is 2.10. The Balaban J connectivity index is 2.49. The van der Waals surface area contributed by atoms with Crippen molar-refractivity contribution in [3.05, 3.63) is 40.9 Å². The third kappa shape index (κ3) is 1.42. The number of aromatic amines is 1. The molecule has 2 rings (SSSR count). The first kappa shape index (κ1) is 8.62. The predicted octanol–water partition coefficient (Wildman–Crippen LogP) is 2.78. The standard InChI is InChI=1S/C10H9N3O/c1-7-2-4-8(5-3-7)10-9(13-14)6-11-12-10/h2-6H,1H3,(H,11,12). The molecule has 0 aliphatic carbocycles. The van der Waals surface area contributed by atoms with Gasteiger partial charge in [0.1, 0.15) is 0 Å². The number of hydrogen-bond donors (Lipinski definition) is 1. The maximum atomic E-state index is 10.4. The highest BCUT2D eigenvalue weighted by Crippen LogP contribution is 2.27. The lowest BCUT2D eigenvalue weighted by molar-refractivity contribution is 1.09. The maximum Gasteiger partial charge on any atom is 0.153 e. The van der Waals surface area contributed by atoms with Gasteiger partial charge in [0.05, 0.1) is 11.9 Å². The van der Waals surface area contributed by atoms with Gasteiger partial charge in [-0.2, -0.15) is 5.10 Å². The van der Waals surface area contributed by atoms with Crippen LogP contribution in [-0.2, 0) is 0 Å². The van der Waals surface area contributed by atoms with Crippen molar-refractivity contribution in [1.82, 2.24) is 10.2 Å². The van der Waals surface area contributed by atoms with Gasteiger partial charge in [-0.15, -0.1) is 4.91 Å². The Hall–Kier alpha value is -1.97. The van der Waals surface area contributed by atoms with Crippen LogP contribution in [0.1, 0.15) is 5.56 Å². The van der Waals surface area contributed by atoms with Gasteiger partial charge >= 0.3 is 0 Å². The molecule has 1 aromatic heterocycles. The zero-order valence-electron chi connectivity index (χ0n) is 7.69. The number of benzene rings is 1. The minimum absolute atomic E-state index is 0.342. The van der Waals surface area contributed by atoms with Crippen LogP contribution in [0.2, 0.25) is 0 Å². The summed E-state index contributed by atoms with van der Waals surface area (Å²) < 4.78 is 0. The van der Waals surface area contributed by atoms with Gasteiger partial charge in [-0.3, -0.25) is 5.10 Å². The summed E-state index contributed by atoms with van der Waals surface area (Å²) in [7, 11) is 0. The SMILES string of the molecule is Cc1ccc(-c2[nH]ncc2N=O)cc1. The van der Waals surface area contributed by atoms with Crippen LogP contribution in [0.3, 0.4) is 0 Å². The van der Waals surface area contributed by atoms with Gasteiger partial charge in [-0.1, -0.05) is 29.8 Å². The number of rotatable bonds is 2. The molecule has 1 heterocycles. The number of hydrogen-bond acceptors (Lipinski definition) is 3. The van der Waals surface area contributed by atoms with Crippen LogP contribution in [0, 0.1) is 11.8 Å². The summed E-state index contributed by atoms with van der Waals surface area (Å²) in [5.41, 5.74) is 3.10. The molecule has 0 fully saturated rings. The van der Waals surface area contributed by atoms with Gasteiger partial charge in [-0.25, -0.2) is 0 Å². The molecular formula is C10H9N3O. The molecule has 0 unspecified atom stereocenters. The Bertz CT molecular complexity index is 445. The molecule has 0 aliphatic rings. The summed E-state index contributed by atoms with van der Waals surface area (Å²) in [4.78, 5) is 10.4. The van der Waals surface area contributed by atoms with E-state index in [1.165, 1.54) is 11.8 Å². The van der Waals surface area contributed by atoms with E-state index in [9.17, 15) is 4.91 Å². The number of nitrogens with one attached hydrogen (secondary N) is 1. The zero-order chi connectivity index (χ0) is 9.97. The zero-order valence-corrected chi connectivity index (χ0v) is 7.69. The van der Waals surface area contributed by atoms with E-state index in [0.717, 1.165) is 5.56 Å². The number of nitroso groups, excluding NO2 is 1. The second-order valence-electron chi connectivity index (χ2n) is 3.09. The average Bonchev–Trinajstić information content (AvgIpc) is 2.67. The van der Waals surface area contributed by atoms with E-state index < -0.39 is 0 Å². The summed E-state index contributed by atoms with van der Waals surface area (Å²) in [6.45, 7) is 2.01. The molecule has 2 aromatic rings. The second kappa shape index (κ2) is 3.41. The Morgan fingerprint density at radius 1 is 1.29 bits per heavy atom. The molecule has 0 radical (unpaired) electrons. The lowest BCUT2D eigenvalue weighted by atomic mass is 10.1. The number of aromatic nitrogens is 2. The van der Waals surface area contributed by atoms with E-state index in [-0.39, 0.29) is 0 Å². The summed E-state index contributed by atoms with van der Waals surface area (Å²) in [6, 6.07) is 7.81. The fourth-order valence-electron chi connectivity index (χ4n) is 1.28. The Labute approximate surface area is 80.9 Å². The van der Waals surface area contributed by atoms with Crippen LogP contribution in [0.25, 0.3) is 11.3 Å². The van der Waals surface area contributed by atoms with Crippen molar-refractivity contribution in [1.29, 1.82) is 0 Å². The molecule has 0 spiro atoms. The van der Waals surface area contributed by atoms with E-state index in [0.29, 0.717) is 11.4 Å². The minimum atomic E-state index is 0.342. The highest BCUT2D eigenvalue weighted by molar-refractivity contribution is 5.71. The number of H-pyrrole nitrogens is 1. The molecule has 14 heavy (non-hydrogen) atoms. The molecule has 1 N–H and O–H groups in total. The van der Waals surface area contributed by atoms with Gasteiger partial charge in [0.15, 0.2) is 5.69 Å². The van der Waals surface area contributed by atoms with Gasteiger partial charge in [0.25, 0.3) is 0 Å². The molecule has 0 aliphatic heterocycles. The minimum Gasteiger partial charge on any atom is -0.275 e. The molecular weight excluding hydrogens is 178 g/mol. The van der Waals surface area contributed by atoms with Crippen LogP contribution in [-0.4, -0.2) is 10.2 Å². The van der Waals surface area contributed by atoms with Gasteiger partial charge < -0.3 is 0 Å². The Morgan fingerprint density at radius 2 is 2.00 bits per heavy atom. The third-order valence-corrected chi connectivity index (χ3v) is 2.06. The smallest absolute Gasteiger partial charge is 0.153 e. The maximum absolute atomic E-state index is 10.4.